The summed E-state index contributed by atoms with van der Waals surface area (Å²) < 4.78 is 8.20. The average molecular weight is 536 g/mol. The van der Waals surface area contributed by atoms with Crippen LogP contribution in [0.3, 0.4) is 0 Å². The molecule has 3 heterocycles. The first-order valence-corrected chi connectivity index (χ1v) is 14.6. The predicted octanol–water partition coefficient (Wildman–Crippen LogP) is 6.81. The number of thioether (sulfide) groups is 2. The molecule has 2 aliphatic rings. The van der Waals surface area contributed by atoms with Crippen molar-refractivity contribution in [3.8, 4) is 16.9 Å². The second-order valence-corrected chi connectivity index (χ2v) is 11.7. The van der Waals surface area contributed by atoms with Crippen LogP contribution >= 0.6 is 35.7 Å². The number of nitrogens with zero attached hydrogens (tertiary/aromatic N) is 3. The van der Waals surface area contributed by atoms with E-state index in [2.05, 4.69) is 31.2 Å². The molecule has 2 aliphatic heterocycles. The van der Waals surface area contributed by atoms with Crippen LogP contribution in [0.2, 0.25) is 0 Å². The summed E-state index contributed by atoms with van der Waals surface area (Å²) in [6.07, 6.45) is 8.40. The Morgan fingerprint density at radius 1 is 1.19 bits per heavy atom. The lowest BCUT2D eigenvalue weighted by Gasteiger charge is -2.18. The van der Waals surface area contributed by atoms with Crippen LogP contribution in [0, 0.1) is 0 Å². The Labute approximate surface area is 226 Å². The van der Waals surface area contributed by atoms with Crippen molar-refractivity contribution in [1.82, 2.24) is 14.7 Å². The zero-order valence-corrected chi connectivity index (χ0v) is 22.7. The van der Waals surface area contributed by atoms with Crippen LogP contribution in [0.1, 0.15) is 38.2 Å². The van der Waals surface area contributed by atoms with Gasteiger partial charge in [-0.3, -0.25) is 9.69 Å². The number of ether oxygens (including phenoxy) is 1. The van der Waals surface area contributed by atoms with E-state index >= 15 is 0 Å². The highest BCUT2D eigenvalue weighted by molar-refractivity contribution is 8.26. The van der Waals surface area contributed by atoms with Gasteiger partial charge in [0.25, 0.3) is 5.91 Å². The van der Waals surface area contributed by atoms with Crippen molar-refractivity contribution in [2.45, 2.75) is 43.6 Å². The van der Waals surface area contributed by atoms with E-state index in [1.807, 2.05) is 59.0 Å². The lowest BCUT2D eigenvalue weighted by atomic mass is 10.1. The minimum Gasteiger partial charge on any atom is -0.376 e. The van der Waals surface area contributed by atoms with Crippen LogP contribution in [0.25, 0.3) is 23.0 Å². The molecule has 186 valence electrons. The lowest BCUT2D eigenvalue weighted by Crippen LogP contribution is -2.35. The van der Waals surface area contributed by atoms with Crippen molar-refractivity contribution in [2.24, 2.45) is 0 Å². The van der Waals surface area contributed by atoms with Gasteiger partial charge in [0.2, 0.25) is 0 Å². The Morgan fingerprint density at radius 2 is 2.00 bits per heavy atom. The molecule has 3 aromatic rings. The third kappa shape index (κ3) is 5.78. The number of thiocarbonyl (C=S) groups is 1. The molecule has 0 bridgehead atoms. The monoisotopic (exact) mass is 535 g/mol. The highest BCUT2D eigenvalue weighted by Crippen LogP contribution is 2.36. The molecule has 5 nitrogen and oxygen atoms in total. The van der Waals surface area contributed by atoms with E-state index in [9.17, 15) is 4.79 Å². The number of benzene rings is 2. The van der Waals surface area contributed by atoms with Crippen molar-refractivity contribution >= 4 is 52.0 Å². The Balaban J connectivity index is 1.45. The van der Waals surface area contributed by atoms with Gasteiger partial charge in [-0.05, 0) is 55.4 Å². The molecule has 2 saturated heterocycles. The van der Waals surface area contributed by atoms with E-state index in [0.717, 1.165) is 47.7 Å². The van der Waals surface area contributed by atoms with Crippen LogP contribution in [0.4, 0.5) is 0 Å². The molecule has 1 amide bonds. The summed E-state index contributed by atoms with van der Waals surface area (Å²) in [5.41, 5.74) is 3.72. The summed E-state index contributed by atoms with van der Waals surface area (Å²) >= 11 is 8.79. The van der Waals surface area contributed by atoms with Crippen LogP contribution in [-0.2, 0) is 9.53 Å². The molecule has 5 rings (SSSR count). The van der Waals surface area contributed by atoms with E-state index < -0.39 is 0 Å². The van der Waals surface area contributed by atoms with Gasteiger partial charge in [0, 0.05) is 28.8 Å². The number of rotatable bonds is 9. The zero-order chi connectivity index (χ0) is 24.9. The van der Waals surface area contributed by atoms with Gasteiger partial charge in [0.05, 0.1) is 28.9 Å². The van der Waals surface area contributed by atoms with Gasteiger partial charge in [0.1, 0.15) is 4.32 Å². The molecule has 1 aromatic heterocycles. The molecular weight excluding hydrogens is 507 g/mol. The molecule has 0 N–H and O–H groups in total. The summed E-state index contributed by atoms with van der Waals surface area (Å²) in [5.74, 6) is 1.07. The number of carbonyl (C=O) groups excluding carboxylic acids is 1. The van der Waals surface area contributed by atoms with Gasteiger partial charge in [0.15, 0.2) is 0 Å². The standard InChI is InChI=1S/C28H29N3O2S3/c1-2-3-16-35-24-13-11-20(12-14-24)26-21(18-31(29-26)22-8-5-4-6-9-22)17-25-27(32)30(28(34)36-25)19-23-10-7-15-33-23/h4-6,8-9,11-14,17-18,23H,2-3,7,10,15-16,19H2,1H3/b25-17-. The molecule has 0 saturated carbocycles. The van der Waals surface area contributed by atoms with Gasteiger partial charge in [-0.1, -0.05) is 67.7 Å². The minimum absolute atomic E-state index is 0.0541. The molecule has 1 unspecified atom stereocenters. The molecule has 2 fully saturated rings. The van der Waals surface area contributed by atoms with Gasteiger partial charge >= 0.3 is 0 Å². The van der Waals surface area contributed by atoms with Crippen molar-refractivity contribution in [2.75, 3.05) is 18.9 Å². The molecule has 8 heteroatoms. The molecule has 0 aliphatic carbocycles. The van der Waals surface area contributed by atoms with Crippen molar-refractivity contribution < 1.29 is 9.53 Å². The first kappa shape index (κ1) is 25.3. The topological polar surface area (TPSA) is 47.4 Å². The number of amides is 1. The average Bonchev–Trinajstić information content (AvgIpc) is 3.63. The first-order valence-electron chi connectivity index (χ1n) is 12.4. The maximum Gasteiger partial charge on any atom is 0.266 e. The molecule has 0 spiro atoms. The van der Waals surface area contributed by atoms with Crippen LogP contribution in [0.5, 0.6) is 0 Å². The number of hydrogen-bond acceptors (Lipinski definition) is 6. The minimum atomic E-state index is -0.0541. The highest BCUT2D eigenvalue weighted by Gasteiger charge is 2.35. The van der Waals surface area contributed by atoms with E-state index in [1.165, 1.54) is 29.5 Å². The molecule has 1 atom stereocenters. The Morgan fingerprint density at radius 3 is 2.72 bits per heavy atom. The van der Waals surface area contributed by atoms with Gasteiger partial charge < -0.3 is 4.74 Å². The van der Waals surface area contributed by atoms with Crippen LogP contribution in [-0.4, -0.2) is 49.9 Å². The summed E-state index contributed by atoms with van der Waals surface area (Å²) in [7, 11) is 0. The Bertz CT molecular complexity index is 1250. The SMILES string of the molecule is CCCCSc1ccc(-c2nn(-c3ccccc3)cc2/C=C2\SC(=S)N(CC3CCCO3)C2=O)cc1. The van der Waals surface area contributed by atoms with E-state index in [4.69, 9.17) is 22.1 Å². The van der Waals surface area contributed by atoms with E-state index in [-0.39, 0.29) is 12.0 Å². The van der Waals surface area contributed by atoms with Crippen molar-refractivity contribution in [3.05, 3.63) is 71.3 Å². The normalized spacial score (nSPS) is 19.1. The van der Waals surface area contributed by atoms with Gasteiger partial charge in [-0.2, -0.15) is 5.10 Å². The van der Waals surface area contributed by atoms with Gasteiger partial charge in [-0.15, -0.1) is 11.8 Å². The van der Waals surface area contributed by atoms with E-state index in [0.29, 0.717) is 15.8 Å². The summed E-state index contributed by atoms with van der Waals surface area (Å²) in [6, 6.07) is 18.6. The number of para-hydroxylation sites is 1. The fourth-order valence-electron chi connectivity index (χ4n) is 4.26. The summed E-state index contributed by atoms with van der Waals surface area (Å²) in [6.45, 7) is 3.49. The third-order valence-corrected chi connectivity index (χ3v) is 8.70. The number of carbonyl (C=O) groups is 1. The largest absolute Gasteiger partial charge is 0.376 e. The number of aromatic nitrogens is 2. The summed E-state index contributed by atoms with van der Waals surface area (Å²) in [5, 5.41) is 4.92. The number of unbranched alkanes of at least 4 members (excludes halogenated alkanes) is 1. The summed E-state index contributed by atoms with van der Waals surface area (Å²) in [4.78, 5) is 16.8. The molecule has 0 radical (unpaired) electrons. The number of hydrogen-bond donors (Lipinski definition) is 0. The Kier molecular flexibility index (Phi) is 8.26. The molecular formula is C28H29N3O2S3. The van der Waals surface area contributed by atoms with Crippen molar-refractivity contribution in [3.63, 3.8) is 0 Å². The second-order valence-electron chi connectivity index (χ2n) is 8.87. The van der Waals surface area contributed by atoms with Crippen molar-refractivity contribution in [1.29, 1.82) is 0 Å². The Hall–Kier alpha value is -2.39. The quantitative estimate of drug-likeness (QED) is 0.130. The van der Waals surface area contributed by atoms with Gasteiger partial charge in [-0.25, -0.2) is 4.68 Å². The fourth-order valence-corrected chi connectivity index (χ4v) is 6.53. The predicted molar refractivity (Wildman–Crippen MR) is 153 cm³/mol. The zero-order valence-electron chi connectivity index (χ0n) is 20.3. The van der Waals surface area contributed by atoms with Crippen LogP contribution in [0.15, 0.2) is 70.6 Å². The fraction of sp³-hybridized carbons (Fsp3) is 0.321. The first-order chi connectivity index (χ1) is 17.6. The van der Waals surface area contributed by atoms with Crippen LogP contribution < -0.4 is 0 Å². The second kappa shape index (κ2) is 11.8. The molecule has 2 aromatic carbocycles. The van der Waals surface area contributed by atoms with E-state index in [1.54, 1.807) is 4.90 Å². The molecule has 36 heavy (non-hydrogen) atoms. The third-order valence-electron chi connectivity index (χ3n) is 6.23. The maximum absolute atomic E-state index is 13.3. The highest BCUT2D eigenvalue weighted by atomic mass is 32.2. The lowest BCUT2D eigenvalue weighted by molar-refractivity contribution is -0.123. The smallest absolute Gasteiger partial charge is 0.266 e. The maximum atomic E-state index is 13.3.